The van der Waals surface area contributed by atoms with E-state index in [2.05, 4.69) is 44.5 Å². The zero-order chi connectivity index (χ0) is 23.6. The summed E-state index contributed by atoms with van der Waals surface area (Å²) in [6.07, 6.45) is 1.19. The number of nitrogens with one attached hydrogen (secondary N) is 2. The van der Waals surface area contributed by atoms with Gasteiger partial charge in [-0.25, -0.2) is 4.79 Å². The van der Waals surface area contributed by atoms with Crippen molar-refractivity contribution in [2.24, 2.45) is 5.41 Å². The number of ether oxygens (including phenoxy) is 1. The van der Waals surface area contributed by atoms with Gasteiger partial charge in [0, 0.05) is 11.3 Å². The average molecular weight is 457 g/mol. The van der Waals surface area contributed by atoms with Crippen LogP contribution >= 0.6 is 0 Å². The molecule has 0 aliphatic heterocycles. The van der Waals surface area contributed by atoms with Gasteiger partial charge in [-0.1, -0.05) is 69.3 Å². The zero-order valence-corrected chi connectivity index (χ0v) is 21.0. The molecule has 0 radical (unpaired) electrons. The summed E-state index contributed by atoms with van der Waals surface area (Å²) in [7, 11) is -1.29. The van der Waals surface area contributed by atoms with Crippen LogP contribution in [0.25, 0.3) is 0 Å². The fourth-order valence-corrected chi connectivity index (χ4v) is 4.14. The molecule has 0 saturated heterocycles. The molecular weight excluding hydrogens is 420 g/mol. The number of anilines is 1. The maximum Gasteiger partial charge on any atom is 0.407 e. The van der Waals surface area contributed by atoms with Crippen molar-refractivity contribution in [3.63, 3.8) is 0 Å². The Labute approximate surface area is 193 Å². The van der Waals surface area contributed by atoms with Crippen molar-refractivity contribution in [1.29, 1.82) is 0 Å². The summed E-state index contributed by atoms with van der Waals surface area (Å²) in [6.45, 7) is 10.9. The smallest absolute Gasteiger partial charge is 0.407 e. The molecule has 0 aliphatic rings. The fraction of sp³-hybridized carbons (Fsp3) is 0.440. The third-order valence-electron chi connectivity index (χ3n) is 4.78. The number of carbonyl (C=O) groups is 2. The second kappa shape index (κ2) is 12.4. The van der Waals surface area contributed by atoms with Crippen LogP contribution in [0, 0.1) is 5.41 Å². The Balaban J connectivity index is 1.94. The molecule has 2 aromatic rings. The molecule has 32 heavy (non-hydrogen) atoms. The van der Waals surface area contributed by atoms with Crippen molar-refractivity contribution in [1.82, 2.24) is 5.32 Å². The molecule has 0 fully saturated rings. The third-order valence-corrected chi connectivity index (χ3v) is 5.65. The predicted molar refractivity (Wildman–Crippen MR) is 131 cm³/mol. The van der Waals surface area contributed by atoms with E-state index >= 15 is 0 Å². The van der Waals surface area contributed by atoms with Crippen molar-refractivity contribution in [2.45, 2.75) is 59.4 Å². The van der Waals surface area contributed by atoms with Gasteiger partial charge in [-0.2, -0.15) is 0 Å². The molecule has 0 heterocycles. The quantitative estimate of drug-likeness (QED) is 0.468. The van der Waals surface area contributed by atoms with Gasteiger partial charge in [0.15, 0.2) is 9.04 Å². The normalized spacial score (nSPS) is 12.3. The van der Waals surface area contributed by atoms with E-state index in [9.17, 15) is 9.59 Å². The van der Waals surface area contributed by atoms with Gasteiger partial charge in [0.2, 0.25) is 5.91 Å². The second-order valence-corrected chi connectivity index (χ2v) is 11.7. The van der Waals surface area contributed by atoms with Gasteiger partial charge in [0.05, 0.1) is 6.10 Å². The molecule has 0 aliphatic carbocycles. The van der Waals surface area contributed by atoms with Gasteiger partial charge in [-0.3, -0.25) is 4.79 Å². The number of benzene rings is 2. The number of para-hydroxylation sites is 1. The Morgan fingerprint density at radius 1 is 1.00 bits per heavy atom. The second-order valence-electron chi connectivity index (χ2n) is 9.32. The first-order valence-electron chi connectivity index (χ1n) is 11.1. The molecule has 0 spiro atoms. The van der Waals surface area contributed by atoms with Crippen LogP contribution in [0.15, 0.2) is 54.6 Å². The molecule has 1 unspecified atom stereocenters. The van der Waals surface area contributed by atoms with Crippen molar-refractivity contribution >= 4 is 26.7 Å². The number of alkyl carbamates (subject to hydrolysis) is 1. The van der Waals surface area contributed by atoms with Crippen molar-refractivity contribution in [3.8, 4) is 0 Å². The molecule has 0 saturated carbocycles. The van der Waals surface area contributed by atoms with Crippen LogP contribution in [-0.2, 0) is 20.6 Å². The van der Waals surface area contributed by atoms with Crippen LogP contribution in [0.3, 0.4) is 0 Å². The highest BCUT2D eigenvalue weighted by atomic mass is 28.3. The molecule has 2 amide bonds. The lowest BCUT2D eigenvalue weighted by Crippen LogP contribution is -2.33. The summed E-state index contributed by atoms with van der Waals surface area (Å²) in [4.78, 5) is 24.4. The van der Waals surface area contributed by atoms with Crippen molar-refractivity contribution in [3.05, 3.63) is 65.7 Å². The van der Waals surface area contributed by atoms with Crippen LogP contribution in [0.5, 0.6) is 0 Å². The molecule has 1 atom stereocenters. The molecule has 2 aromatic carbocycles. The molecule has 6 nitrogen and oxygen atoms in total. The minimum atomic E-state index is -1.29. The van der Waals surface area contributed by atoms with Crippen LogP contribution < -0.4 is 10.6 Å². The molecule has 2 rings (SSSR count). The van der Waals surface area contributed by atoms with Gasteiger partial charge >= 0.3 is 6.09 Å². The number of carbonyl (C=O) groups excluding carboxylic acids is 2. The predicted octanol–water partition coefficient (Wildman–Crippen LogP) is 5.42. The number of hydrogen-bond acceptors (Lipinski definition) is 4. The third kappa shape index (κ3) is 9.66. The fourth-order valence-electron chi connectivity index (χ4n) is 3.20. The summed E-state index contributed by atoms with van der Waals surface area (Å²) in [5.74, 6) is -0.314. The molecule has 7 heteroatoms. The van der Waals surface area contributed by atoms with Gasteiger partial charge in [0.25, 0.3) is 0 Å². The van der Waals surface area contributed by atoms with Crippen LogP contribution in [0.4, 0.5) is 10.5 Å². The Kier molecular flexibility index (Phi) is 9.93. The van der Waals surface area contributed by atoms with E-state index in [1.165, 1.54) is 0 Å². The highest BCUT2D eigenvalue weighted by Gasteiger charge is 2.21. The SMILES string of the molecule is C[SiH](C)OC(CCC(C)(C)C)c1ccccc1NC(=O)CNC(=O)OCc1ccccc1. The lowest BCUT2D eigenvalue weighted by Gasteiger charge is -2.27. The largest absolute Gasteiger partial charge is 0.445 e. The summed E-state index contributed by atoms with van der Waals surface area (Å²) < 4.78 is 11.5. The van der Waals surface area contributed by atoms with Gasteiger partial charge in [-0.05, 0) is 43.0 Å². The van der Waals surface area contributed by atoms with E-state index in [1.54, 1.807) is 0 Å². The summed E-state index contributed by atoms with van der Waals surface area (Å²) in [6, 6.07) is 17.1. The van der Waals surface area contributed by atoms with Crippen LogP contribution in [-0.4, -0.2) is 27.6 Å². The van der Waals surface area contributed by atoms with Gasteiger partial charge in [0.1, 0.15) is 13.2 Å². The Hall–Kier alpha value is -2.64. The van der Waals surface area contributed by atoms with Crippen LogP contribution in [0.2, 0.25) is 13.1 Å². The summed E-state index contributed by atoms with van der Waals surface area (Å²) in [5, 5.41) is 5.42. The number of hydrogen-bond donors (Lipinski definition) is 2. The highest BCUT2D eigenvalue weighted by molar-refractivity contribution is 6.48. The monoisotopic (exact) mass is 456 g/mol. The van der Waals surface area contributed by atoms with Crippen LogP contribution in [0.1, 0.15) is 50.8 Å². The zero-order valence-electron chi connectivity index (χ0n) is 19.8. The molecule has 174 valence electrons. The van der Waals surface area contributed by atoms with E-state index in [0.29, 0.717) is 5.69 Å². The molecule has 0 bridgehead atoms. The van der Waals surface area contributed by atoms with E-state index < -0.39 is 15.1 Å². The number of rotatable bonds is 10. The Morgan fingerprint density at radius 3 is 2.31 bits per heavy atom. The molecule has 0 aromatic heterocycles. The minimum Gasteiger partial charge on any atom is -0.445 e. The first-order chi connectivity index (χ1) is 15.1. The molecular formula is C25H36N2O4Si. The average Bonchev–Trinajstić information content (AvgIpc) is 2.74. The maximum absolute atomic E-state index is 12.5. The van der Waals surface area contributed by atoms with E-state index in [1.807, 2.05) is 54.6 Å². The Bertz CT molecular complexity index is 866. The highest BCUT2D eigenvalue weighted by Crippen LogP contribution is 2.33. The maximum atomic E-state index is 12.5. The van der Waals surface area contributed by atoms with Gasteiger partial charge < -0.3 is 19.8 Å². The topological polar surface area (TPSA) is 76.7 Å². The van der Waals surface area contributed by atoms with Gasteiger partial charge in [-0.15, -0.1) is 0 Å². The Morgan fingerprint density at radius 2 is 1.66 bits per heavy atom. The van der Waals surface area contributed by atoms with E-state index in [0.717, 1.165) is 24.0 Å². The summed E-state index contributed by atoms with van der Waals surface area (Å²) >= 11 is 0. The lowest BCUT2D eigenvalue weighted by molar-refractivity contribution is -0.115. The lowest BCUT2D eigenvalue weighted by atomic mass is 9.88. The molecule has 2 N–H and O–H groups in total. The standard InChI is InChI=1S/C25H36N2O4Si/c1-25(2,3)16-15-22(31-32(4)5)20-13-9-10-14-21(20)27-23(28)17-26-24(29)30-18-19-11-7-6-8-12-19/h6-14,22,32H,15-18H2,1-5H3,(H,26,29)(H,27,28). The van der Waals surface area contributed by atoms with Crippen molar-refractivity contribution < 1.29 is 18.8 Å². The van der Waals surface area contributed by atoms with Crippen molar-refractivity contribution in [2.75, 3.05) is 11.9 Å². The first kappa shape index (κ1) is 25.6. The van der Waals surface area contributed by atoms with E-state index in [4.69, 9.17) is 9.16 Å². The summed E-state index contributed by atoms with van der Waals surface area (Å²) in [5.41, 5.74) is 2.77. The van der Waals surface area contributed by atoms with E-state index in [-0.39, 0.29) is 30.6 Å². The minimum absolute atomic E-state index is 0.0683. The number of amides is 2. The first-order valence-corrected chi connectivity index (χ1v) is 13.9.